The minimum atomic E-state index is -0.659. The largest absolute Gasteiger partial charge is 0.487 e. The van der Waals surface area contributed by atoms with E-state index in [0.717, 1.165) is 0 Å². The van der Waals surface area contributed by atoms with Crippen LogP contribution < -0.4 is 4.74 Å². The van der Waals surface area contributed by atoms with E-state index in [4.69, 9.17) is 4.74 Å². The van der Waals surface area contributed by atoms with Crippen molar-refractivity contribution in [2.24, 2.45) is 0 Å². The van der Waals surface area contributed by atoms with Crippen LogP contribution in [0.2, 0.25) is 0 Å². The molecule has 0 N–H and O–H groups in total. The fourth-order valence-electron chi connectivity index (χ4n) is 2.01. The van der Waals surface area contributed by atoms with Gasteiger partial charge in [0.1, 0.15) is 24.2 Å². The molecule has 0 aliphatic rings. The predicted octanol–water partition coefficient (Wildman–Crippen LogP) is 3.54. The number of nitrogens with zero attached hydrogens (tertiary/aromatic N) is 1. The van der Waals surface area contributed by atoms with E-state index in [-0.39, 0.29) is 29.2 Å². The van der Waals surface area contributed by atoms with Crippen LogP contribution in [0.15, 0.2) is 40.9 Å². The van der Waals surface area contributed by atoms with Gasteiger partial charge in [-0.3, -0.25) is 14.9 Å². The third-order valence-corrected chi connectivity index (χ3v) is 3.70. The van der Waals surface area contributed by atoms with Gasteiger partial charge < -0.3 is 9.47 Å². The lowest BCUT2D eigenvalue weighted by Gasteiger charge is -2.13. The second-order valence-corrected chi connectivity index (χ2v) is 5.56. The third kappa shape index (κ3) is 3.96. The molecule has 0 heterocycles. The Hall–Kier alpha value is -2.74. The van der Waals surface area contributed by atoms with Crippen LogP contribution in [-0.4, -0.2) is 24.3 Å². The van der Waals surface area contributed by atoms with E-state index in [1.54, 1.807) is 12.1 Å². The highest BCUT2D eigenvalue weighted by Gasteiger charge is 2.18. The maximum Gasteiger partial charge on any atom is 0.341 e. The maximum absolute atomic E-state index is 11.9. The van der Waals surface area contributed by atoms with Gasteiger partial charge >= 0.3 is 5.97 Å². The van der Waals surface area contributed by atoms with E-state index < -0.39 is 10.9 Å². The average Bonchev–Trinajstić information content (AvgIpc) is 2.59. The van der Waals surface area contributed by atoms with Crippen molar-refractivity contribution < 1.29 is 24.0 Å². The van der Waals surface area contributed by atoms with Crippen LogP contribution >= 0.6 is 15.9 Å². The molecule has 0 saturated heterocycles. The molecule has 0 amide bonds. The average molecular weight is 394 g/mol. The molecule has 0 atom stereocenters. The first kappa shape index (κ1) is 17.6. The highest BCUT2D eigenvalue weighted by Crippen LogP contribution is 2.32. The molecule has 0 bridgehead atoms. The number of non-ortho nitro benzene ring substituents is 1. The number of halogens is 1. The van der Waals surface area contributed by atoms with Crippen LogP contribution in [0, 0.1) is 10.1 Å². The van der Waals surface area contributed by atoms with Crippen molar-refractivity contribution in [3.05, 3.63) is 67.7 Å². The standard InChI is InChI=1S/C16H12BrNO6/c1-23-16(20)13-6-11(8-19)7-14(17)15(13)24-9-10-3-2-4-12(5-10)18(21)22/h2-8H,9H2,1H3. The number of methoxy groups -OCH3 is 1. The zero-order chi connectivity index (χ0) is 17.7. The summed E-state index contributed by atoms with van der Waals surface area (Å²) < 4.78 is 10.7. The summed E-state index contributed by atoms with van der Waals surface area (Å²) in [7, 11) is 1.22. The molecule has 0 spiro atoms. The highest BCUT2D eigenvalue weighted by atomic mass is 79.9. The molecule has 8 heteroatoms. The topological polar surface area (TPSA) is 95.7 Å². The molecule has 124 valence electrons. The van der Waals surface area contributed by atoms with Gasteiger partial charge in [-0.25, -0.2) is 4.79 Å². The number of rotatable bonds is 6. The predicted molar refractivity (Wildman–Crippen MR) is 88.3 cm³/mol. The molecule has 2 aromatic carbocycles. The van der Waals surface area contributed by atoms with Gasteiger partial charge in [-0.05, 0) is 33.6 Å². The number of nitro groups is 1. The summed E-state index contributed by atoms with van der Waals surface area (Å²) in [6.45, 7) is 0.00467. The van der Waals surface area contributed by atoms with Crippen molar-refractivity contribution >= 4 is 33.9 Å². The zero-order valence-electron chi connectivity index (χ0n) is 12.5. The van der Waals surface area contributed by atoms with Crippen LogP contribution in [0.3, 0.4) is 0 Å². The van der Waals surface area contributed by atoms with Gasteiger partial charge in [0.15, 0.2) is 0 Å². The molecular weight excluding hydrogens is 382 g/mol. The Kier molecular flexibility index (Phi) is 5.64. The van der Waals surface area contributed by atoms with Gasteiger partial charge in [-0.1, -0.05) is 12.1 Å². The normalized spacial score (nSPS) is 10.1. The summed E-state index contributed by atoms with van der Waals surface area (Å²) in [4.78, 5) is 33.1. The van der Waals surface area contributed by atoms with Crippen molar-refractivity contribution in [1.29, 1.82) is 0 Å². The molecule has 2 rings (SSSR count). The Labute approximate surface area is 145 Å². The zero-order valence-corrected chi connectivity index (χ0v) is 14.1. The van der Waals surface area contributed by atoms with Gasteiger partial charge in [0.05, 0.1) is 16.5 Å². The van der Waals surface area contributed by atoms with E-state index in [1.807, 2.05) is 0 Å². The lowest BCUT2D eigenvalue weighted by Crippen LogP contribution is -2.07. The van der Waals surface area contributed by atoms with Gasteiger partial charge in [0, 0.05) is 17.7 Å². The van der Waals surface area contributed by atoms with Crippen LogP contribution in [-0.2, 0) is 11.3 Å². The van der Waals surface area contributed by atoms with Crippen LogP contribution in [0.25, 0.3) is 0 Å². The van der Waals surface area contributed by atoms with Gasteiger partial charge in [0.2, 0.25) is 0 Å². The molecule has 0 saturated carbocycles. The van der Waals surface area contributed by atoms with Crippen LogP contribution in [0.4, 0.5) is 5.69 Å². The fourth-order valence-corrected chi connectivity index (χ4v) is 2.60. The number of ether oxygens (including phenoxy) is 2. The number of aldehydes is 1. The molecule has 0 radical (unpaired) electrons. The minimum absolute atomic E-state index is 0.00467. The quantitative estimate of drug-likeness (QED) is 0.322. The third-order valence-electron chi connectivity index (χ3n) is 3.11. The first-order valence-electron chi connectivity index (χ1n) is 6.69. The second-order valence-electron chi connectivity index (χ2n) is 4.70. The van der Waals surface area contributed by atoms with E-state index in [1.165, 1.54) is 31.4 Å². The van der Waals surface area contributed by atoms with Crippen LogP contribution in [0.1, 0.15) is 26.3 Å². The van der Waals surface area contributed by atoms with Crippen molar-refractivity contribution in [3.8, 4) is 5.75 Å². The monoisotopic (exact) mass is 393 g/mol. The summed E-state index contributed by atoms with van der Waals surface area (Å²) in [6, 6.07) is 8.82. The first-order valence-corrected chi connectivity index (χ1v) is 7.48. The maximum atomic E-state index is 11.9. The summed E-state index contributed by atoms with van der Waals surface area (Å²) in [5.74, 6) is -0.465. The molecule has 0 fully saturated rings. The summed E-state index contributed by atoms with van der Waals surface area (Å²) >= 11 is 3.25. The Bertz CT molecular complexity index is 805. The molecule has 0 aliphatic carbocycles. The smallest absolute Gasteiger partial charge is 0.341 e. The lowest BCUT2D eigenvalue weighted by atomic mass is 10.1. The van der Waals surface area contributed by atoms with E-state index in [2.05, 4.69) is 20.7 Å². The summed E-state index contributed by atoms with van der Waals surface area (Å²) in [6.07, 6.45) is 0.599. The van der Waals surface area contributed by atoms with Gasteiger partial charge in [-0.2, -0.15) is 0 Å². The van der Waals surface area contributed by atoms with Crippen molar-refractivity contribution in [2.45, 2.75) is 6.61 Å². The Morgan fingerprint density at radius 2 is 2.08 bits per heavy atom. The van der Waals surface area contributed by atoms with E-state index in [0.29, 0.717) is 16.3 Å². The van der Waals surface area contributed by atoms with Crippen molar-refractivity contribution in [2.75, 3.05) is 7.11 Å². The van der Waals surface area contributed by atoms with E-state index >= 15 is 0 Å². The molecule has 0 aliphatic heterocycles. The fraction of sp³-hybridized carbons (Fsp3) is 0.125. The van der Waals surface area contributed by atoms with Gasteiger partial charge in [0.25, 0.3) is 5.69 Å². The molecule has 24 heavy (non-hydrogen) atoms. The number of hydrogen-bond acceptors (Lipinski definition) is 6. The second kappa shape index (κ2) is 7.69. The molecule has 0 unspecified atom stereocenters. The highest BCUT2D eigenvalue weighted by molar-refractivity contribution is 9.10. The number of benzene rings is 2. The van der Waals surface area contributed by atoms with Crippen LogP contribution in [0.5, 0.6) is 5.75 Å². The first-order chi connectivity index (χ1) is 11.5. The number of carbonyl (C=O) groups is 2. The number of esters is 1. The summed E-state index contributed by atoms with van der Waals surface area (Å²) in [5.41, 5.74) is 0.871. The summed E-state index contributed by atoms with van der Waals surface area (Å²) in [5, 5.41) is 10.8. The molecular formula is C16H12BrNO6. The Balaban J connectivity index is 2.32. The van der Waals surface area contributed by atoms with Crippen molar-refractivity contribution in [1.82, 2.24) is 0 Å². The van der Waals surface area contributed by atoms with Crippen molar-refractivity contribution in [3.63, 3.8) is 0 Å². The Morgan fingerprint density at radius 3 is 2.71 bits per heavy atom. The minimum Gasteiger partial charge on any atom is -0.487 e. The molecule has 0 aromatic heterocycles. The molecule has 2 aromatic rings. The lowest BCUT2D eigenvalue weighted by molar-refractivity contribution is -0.384. The van der Waals surface area contributed by atoms with E-state index in [9.17, 15) is 19.7 Å². The number of carbonyl (C=O) groups excluding carboxylic acids is 2. The number of hydrogen-bond donors (Lipinski definition) is 0. The number of nitro benzene ring substituents is 1. The Morgan fingerprint density at radius 1 is 1.33 bits per heavy atom. The SMILES string of the molecule is COC(=O)c1cc(C=O)cc(Br)c1OCc1cccc([N+](=O)[O-])c1. The molecule has 7 nitrogen and oxygen atoms in total. The van der Waals surface area contributed by atoms with Gasteiger partial charge in [-0.15, -0.1) is 0 Å².